The van der Waals surface area contributed by atoms with Gasteiger partial charge in [0.1, 0.15) is 5.76 Å². The van der Waals surface area contributed by atoms with Crippen molar-refractivity contribution in [1.82, 2.24) is 0 Å². The Labute approximate surface area is 105 Å². The van der Waals surface area contributed by atoms with Crippen LogP contribution in [0.15, 0.2) is 39.2 Å². The summed E-state index contributed by atoms with van der Waals surface area (Å²) >= 11 is 3.21. The molecule has 2 aromatic rings. The Morgan fingerprint density at radius 2 is 2.06 bits per heavy atom. The van der Waals surface area contributed by atoms with Gasteiger partial charge in [0.15, 0.2) is 12.0 Å². The molecule has 0 aliphatic heterocycles. The van der Waals surface area contributed by atoms with Crippen LogP contribution in [0.2, 0.25) is 0 Å². The molecule has 1 N–H and O–H groups in total. The number of benzene rings is 1. The van der Waals surface area contributed by atoms with Gasteiger partial charge in [-0.2, -0.15) is 0 Å². The largest absolute Gasteiger partial charge is 0.478 e. The molecule has 0 amide bonds. The number of carboxylic acid groups (broad SMARTS) is 1. The molecule has 0 spiro atoms. The number of halogens is 1. The Bertz CT molecular complexity index is 586. The summed E-state index contributed by atoms with van der Waals surface area (Å²) in [7, 11) is 0. The summed E-state index contributed by atoms with van der Waals surface area (Å²) in [6, 6.07) is 7.89. The highest BCUT2D eigenvalue weighted by atomic mass is 79.9. The minimum Gasteiger partial charge on any atom is -0.478 e. The van der Waals surface area contributed by atoms with Crippen LogP contribution in [0.25, 0.3) is 11.3 Å². The lowest BCUT2D eigenvalue weighted by Crippen LogP contribution is -1.99. The van der Waals surface area contributed by atoms with Crippen molar-refractivity contribution in [3.63, 3.8) is 0 Å². The highest BCUT2D eigenvalue weighted by Crippen LogP contribution is 2.28. The van der Waals surface area contributed by atoms with Crippen LogP contribution in [0.3, 0.4) is 0 Å². The number of hydrogen-bond donors (Lipinski definition) is 1. The quantitative estimate of drug-likeness (QED) is 0.883. The van der Waals surface area contributed by atoms with Crippen LogP contribution in [0.5, 0.6) is 0 Å². The maximum atomic E-state index is 11.1. The maximum absolute atomic E-state index is 11.1. The molecule has 5 heteroatoms. The first-order valence-electron chi connectivity index (χ1n) is 4.70. The van der Waals surface area contributed by atoms with Gasteiger partial charge in [-0.1, -0.05) is 15.9 Å². The number of aldehydes is 1. The van der Waals surface area contributed by atoms with Crippen molar-refractivity contribution in [2.45, 2.75) is 0 Å². The second-order valence-corrected chi connectivity index (χ2v) is 4.23. The van der Waals surface area contributed by atoms with Crippen LogP contribution in [0, 0.1) is 0 Å². The Kier molecular flexibility index (Phi) is 3.10. The highest BCUT2D eigenvalue weighted by Gasteiger charge is 2.15. The van der Waals surface area contributed by atoms with E-state index in [9.17, 15) is 9.59 Å². The molecule has 17 heavy (non-hydrogen) atoms. The third-order valence-corrected chi connectivity index (χ3v) is 2.71. The molecule has 1 heterocycles. The minimum atomic E-state index is -1.05. The van der Waals surface area contributed by atoms with E-state index in [4.69, 9.17) is 9.52 Å². The number of furan rings is 1. The summed E-state index contributed by atoms with van der Waals surface area (Å²) in [5.74, 6) is -0.526. The lowest BCUT2D eigenvalue weighted by Gasteiger charge is -2.03. The summed E-state index contributed by atoms with van der Waals surface area (Å²) in [6.07, 6.45) is 0.572. The van der Waals surface area contributed by atoms with Gasteiger partial charge in [0.2, 0.25) is 0 Å². The zero-order chi connectivity index (χ0) is 12.4. The molecule has 0 bridgehead atoms. The molecule has 0 radical (unpaired) electrons. The molecule has 0 aliphatic carbocycles. The summed E-state index contributed by atoms with van der Waals surface area (Å²) in [4.78, 5) is 21.6. The van der Waals surface area contributed by atoms with Crippen LogP contribution in [0.4, 0.5) is 0 Å². The van der Waals surface area contributed by atoms with Crippen molar-refractivity contribution < 1.29 is 19.1 Å². The number of carbonyl (C=O) groups excluding carboxylic acids is 1. The monoisotopic (exact) mass is 294 g/mol. The summed E-state index contributed by atoms with van der Waals surface area (Å²) in [5, 5.41) is 9.08. The highest BCUT2D eigenvalue weighted by molar-refractivity contribution is 9.10. The fourth-order valence-corrected chi connectivity index (χ4v) is 1.83. The van der Waals surface area contributed by atoms with Crippen molar-refractivity contribution in [2.24, 2.45) is 0 Å². The van der Waals surface area contributed by atoms with Crippen LogP contribution in [0.1, 0.15) is 20.9 Å². The third-order valence-electron chi connectivity index (χ3n) is 2.22. The van der Waals surface area contributed by atoms with Crippen molar-refractivity contribution in [3.8, 4) is 11.3 Å². The van der Waals surface area contributed by atoms with Gasteiger partial charge in [-0.3, -0.25) is 4.79 Å². The fourth-order valence-electron chi connectivity index (χ4n) is 1.47. The first kappa shape index (κ1) is 11.6. The van der Waals surface area contributed by atoms with Crippen molar-refractivity contribution in [3.05, 3.63) is 46.1 Å². The number of rotatable bonds is 3. The summed E-state index contributed by atoms with van der Waals surface area (Å²) < 4.78 is 5.87. The molecule has 0 unspecified atom stereocenters. The molecule has 0 saturated heterocycles. The fraction of sp³-hybridized carbons (Fsp3) is 0. The Morgan fingerprint density at radius 3 is 2.65 bits per heavy atom. The second kappa shape index (κ2) is 4.55. The lowest BCUT2D eigenvalue weighted by molar-refractivity contribution is 0.0697. The molecule has 0 saturated carbocycles. The molecule has 1 aromatic carbocycles. The summed E-state index contributed by atoms with van der Waals surface area (Å²) in [5.41, 5.74) is 0.556. The van der Waals surface area contributed by atoms with Gasteiger partial charge in [0, 0.05) is 10.0 Å². The standard InChI is InChI=1S/C12H7BrO4/c13-7-1-3-9(10(5-7)12(15)16)11-4-2-8(6-14)17-11/h1-6H,(H,15,16). The Hall–Kier alpha value is -1.88. The number of aromatic carboxylic acids is 1. The van der Waals surface area contributed by atoms with E-state index >= 15 is 0 Å². The van der Waals surface area contributed by atoms with E-state index in [1.165, 1.54) is 12.1 Å². The van der Waals surface area contributed by atoms with Gasteiger partial charge in [0.05, 0.1) is 5.56 Å². The van der Waals surface area contributed by atoms with Crippen LogP contribution < -0.4 is 0 Å². The molecular weight excluding hydrogens is 288 g/mol. The number of carboxylic acids is 1. The van der Waals surface area contributed by atoms with E-state index in [2.05, 4.69) is 15.9 Å². The molecule has 1 aromatic heterocycles. The van der Waals surface area contributed by atoms with Crippen LogP contribution >= 0.6 is 15.9 Å². The van der Waals surface area contributed by atoms with E-state index in [-0.39, 0.29) is 11.3 Å². The average Bonchev–Trinajstić information content (AvgIpc) is 2.77. The van der Waals surface area contributed by atoms with Crippen molar-refractivity contribution >= 4 is 28.2 Å². The molecule has 0 fully saturated rings. The van der Waals surface area contributed by atoms with Gasteiger partial charge in [-0.25, -0.2) is 4.79 Å². The number of hydrogen-bond acceptors (Lipinski definition) is 3. The van der Waals surface area contributed by atoms with Crippen molar-refractivity contribution in [2.75, 3.05) is 0 Å². The topological polar surface area (TPSA) is 67.5 Å². The Morgan fingerprint density at radius 1 is 1.29 bits per heavy atom. The summed E-state index contributed by atoms with van der Waals surface area (Å²) in [6.45, 7) is 0. The number of carbonyl (C=O) groups is 2. The molecule has 2 rings (SSSR count). The molecule has 0 atom stereocenters. The predicted molar refractivity (Wildman–Crippen MR) is 64.2 cm³/mol. The van der Waals surface area contributed by atoms with E-state index in [1.807, 2.05) is 0 Å². The van der Waals surface area contributed by atoms with Gasteiger partial charge in [-0.15, -0.1) is 0 Å². The SMILES string of the molecule is O=Cc1ccc(-c2ccc(Br)cc2C(=O)O)o1. The zero-order valence-electron chi connectivity index (χ0n) is 8.51. The zero-order valence-corrected chi connectivity index (χ0v) is 10.1. The molecule has 4 nitrogen and oxygen atoms in total. The van der Waals surface area contributed by atoms with Gasteiger partial charge in [0.25, 0.3) is 0 Å². The molecular formula is C12H7BrO4. The average molecular weight is 295 g/mol. The third kappa shape index (κ3) is 2.29. The predicted octanol–water partition coefficient (Wildman–Crippen LogP) is 3.22. The first-order chi connectivity index (χ1) is 8.11. The van der Waals surface area contributed by atoms with Gasteiger partial charge >= 0.3 is 5.97 Å². The smallest absolute Gasteiger partial charge is 0.336 e. The molecule has 0 aliphatic rings. The van der Waals surface area contributed by atoms with Gasteiger partial charge < -0.3 is 9.52 Å². The van der Waals surface area contributed by atoms with Crippen LogP contribution in [-0.4, -0.2) is 17.4 Å². The second-order valence-electron chi connectivity index (χ2n) is 3.31. The van der Waals surface area contributed by atoms with E-state index in [0.29, 0.717) is 22.1 Å². The maximum Gasteiger partial charge on any atom is 0.336 e. The van der Waals surface area contributed by atoms with Gasteiger partial charge in [-0.05, 0) is 30.3 Å². The molecule has 86 valence electrons. The van der Waals surface area contributed by atoms with Crippen molar-refractivity contribution in [1.29, 1.82) is 0 Å². The lowest BCUT2D eigenvalue weighted by atomic mass is 10.1. The first-order valence-corrected chi connectivity index (χ1v) is 5.49. The Balaban J connectivity index is 2.58. The minimum absolute atomic E-state index is 0.117. The van der Waals surface area contributed by atoms with Crippen LogP contribution in [-0.2, 0) is 0 Å². The van der Waals surface area contributed by atoms with E-state index < -0.39 is 5.97 Å². The normalized spacial score (nSPS) is 10.2. The van der Waals surface area contributed by atoms with E-state index in [0.717, 1.165) is 0 Å². The van der Waals surface area contributed by atoms with E-state index in [1.54, 1.807) is 18.2 Å².